The smallest absolute Gasteiger partial charge is 0.130 e. The second-order valence-electron chi connectivity index (χ2n) is 3.40. The topological polar surface area (TPSA) is 35.2 Å². The lowest BCUT2D eigenvalue weighted by atomic mass is 9.92. The number of hydrogen-bond acceptors (Lipinski definition) is 2. The fourth-order valence-corrected chi connectivity index (χ4v) is 1.41. The first kappa shape index (κ1) is 8.94. The Morgan fingerprint density at radius 3 is 2.73 bits per heavy atom. The van der Waals surface area contributed by atoms with Crippen LogP contribution in [0.15, 0.2) is 0 Å². The molecule has 1 saturated heterocycles. The van der Waals surface area contributed by atoms with Crippen LogP contribution >= 0.6 is 0 Å². The van der Waals surface area contributed by atoms with E-state index in [-0.39, 0.29) is 12.0 Å². The van der Waals surface area contributed by atoms with Crippen LogP contribution in [0.2, 0.25) is 0 Å². The van der Waals surface area contributed by atoms with E-state index in [2.05, 4.69) is 0 Å². The first-order valence-electron chi connectivity index (χ1n) is 4.14. The average Bonchev–Trinajstić information content (AvgIpc) is 1.94. The number of halogens is 1. The summed E-state index contributed by atoms with van der Waals surface area (Å²) in [4.78, 5) is 0. The van der Waals surface area contributed by atoms with Gasteiger partial charge in [-0.05, 0) is 19.3 Å². The molecular formula is C8H16FNO. The van der Waals surface area contributed by atoms with E-state index in [0.717, 1.165) is 6.42 Å². The highest BCUT2D eigenvalue weighted by Crippen LogP contribution is 2.24. The maximum atomic E-state index is 13.3. The Bertz CT molecular complexity index is 129. The summed E-state index contributed by atoms with van der Waals surface area (Å²) in [7, 11) is 0. The molecule has 0 saturated carbocycles. The lowest BCUT2D eigenvalue weighted by Gasteiger charge is -2.33. The summed E-state index contributed by atoms with van der Waals surface area (Å²) in [5.41, 5.74) is 5.55. The molecule has 3 heteroatoms. The van der Waals surface area contributed by atoms with Gasteiger partial charge in [0.2, 0.25) is 0 Å². The van der Waals surface area contributed by atoms with Crippen LogP contribution in [0.3, 0.4) is 0 Å². The van der Waals surface area contributed by atoms with E-state index in [4.69, 9.17) is 10.5 Å². The first-order chi connectivity index (χ1) is 5.13. The molecule has 2 nitrogen and oxygen atoms in total. The van der Waals surface area contributed by atoms with Gasteiger partial charge in [-0.15, -0.1) is 0 Å². The molecule has 66 valence electrons. The van der Waals surface area contributed by atoms with Crippen molar-refractivity contribution in [3.8, 4) is 0 Å². The molecular weight excluding hydrogens is 145 g/mol. The number of rotatable bonds is 1. The van der Waals surface area contributed by atoms with Crippen molar-refractivity contribution in [3.05, 3.63) is 0 Å². The zero-order chi connectivity index (χ0) is 8.43. The Balaban J connectivity index is 2.51. The van der Waals surface area contributed by atoms with Crippen molar-refractivity contribution in [1.82, 2.24) is 0 Å². The van der Waals surface area contributed by atoms with Gasteiger partial charge in [0.05, 0.1) is 0 Å². The quantitative estimate of drug-likeness (QED) is 0.625. The van der Waals surface area contributed by atoms with Crippen LogP contribution in [0.1, 0.15) is 20.3 Å². The van der Waals surface area contributed by atoms with Crippen LogP contribution in [0.4, 0.5) is 4.39 Å². The van der Waals surface area contributed by atoms with Gasteiger partial charge in [-0.3, -0.25) is 0 Å². The van der Waals surface area contributed by atoms with Gasteiger partial charge in [-0.25, -0.2) is 4.39 Å². The second-order valence-corrected chi connectivity index (χ2v) is 3.40. The summed E-state index contributed by atoms with van der Waals surface area (Å²) in [5, 5.41) is 0. The molecule has 4 unspecified atom stereocenters. The average molecular weight is 161 g/mol. The highest BCUT2D eigenvalue weighted by molar-refractivity contribution is 4.84. The van der Waals surface area contributed by atoms with Crippen LogP contribution in [0.5, 0.6) is 0 Å². The molecule has 1 rings (SSSR count). The lowest BCUT2D eigenvalue weighted by Crippen LogP contribution is -2.47. The molecule has 11 heavy (non-hydrogen) atoms. The van der Waals surface area contributed by atoms with Crippen molar-refractivity contribution >= 4 is 0 Å². The predicted octanol–water partition coefficient (Wildman–Crippen LogP) is 1.10. The molecule has 0 spiro atoms. The van der Waals surface area contributed by atoms with Crippen LogP contribution < -0.4 is 5.73 Å². The van der Waals surface area contributed by atoms with E-state index in [1.54, 1.807) is 6.92 Å². The number of ether oxygens (including phenoxy) is 1. The van der Waals surface area contributed by atoms with E-state index in [1.807, 2.05) is 6.92 Å². The van der Waals surface area contributed by atoms with Crippen LogP contribution in [0.25, 0.3) is 0 Å². The maximum absolute atomic E-state index is 13.3. The normalized spacial score (nSPS) is 42.0. The van der Waals surface area contributed by atoms with E-state index >= 15 is 0 Å². The predicted molar refractivity (Wildman–Crippen MR) is 42.1 cm³/mol. The van der Waals surface area contributed by atoms with Crippen molar-refractivity contribution < 1.29 is 9.13 Å². The van der Waals surface area contributed by atoms with Gasteiger partial charge in [0, 0.05) is 12.6 Å². The zero-order valence-electron chi connectivity index (χ0n) is 7.09. The van der Waals surface area contributed by atoms with Crippen LogP contribution in [0, 0.1) is 5.92 Å². The highest BCUT2D eigenvalue weighted by Gasteiger charge is 2.33. The van der Waals surface area contributed by atoms with Gasteiger partial charge in [-0.1, -0.05) is 6.92 Å². The third kappa shape index (κ3) is 1.91. The molecule has 0 aromatic carbocycles. The Morgan fingerprint density at radius 2 is 2.27 bits per heavy atom. The number of hydrogen-bond donors (Lipinski definition) is 1. The molecule has 0 bridgehead atoms. The maximum Gasteiger partial charge on any atom is 0.130 e. The third-order valence-electron chi connectivity index (χ3n) is 2.26. The Hall–Kier alpha value is -0.150. The summed E-state index contributed by atoms with van der Waals surface area (Å²) < 4.78 is 18.5. The molecule has 1 aliphatic rings. The largest absolute Gasteiger partial charge is 0.374 e. The van der Waals surface area contributed by atoms with Gasteiger partial charge < -0.3 is 10.5 Å². The van der Waals surface area contributed by atoms with Crippen molar-refractivity contribution in [2.75, 3.05) is 6.61 Å². The second kappa shape index (κ2) is 3.50. The van der Waals surface area contributed by atoms with Crippen molar-refractivity contribution in [3.63, 3.8) is 0 Å². The minimum atomic E-state index is -0.885. The molecule has 2 N–H and O–H groups in total. The van der Waals surface area contributed by atoms with Crippen molar-refractivity contribution in [2.45, 2.75) is 38.6 Å². The van der Waals surface area contributed by atoms with Crippen LogP contribution in [-0.4, -0.2) is 24.9 Å². The van der Waals surface area contributed by atoms with E-state index in [1.165, 1.54) is 0 Å². The lowest BCUT2D eigenvalue weighted by molar-refractivity contribution is -0.0743. The first-order valence-corrected chi connectivity index (χ1v) is 4.14. The minimum absolute atomic E-state index is 0.0970. The summed E-state index contributed by atoms with van der Waals surface area (Å²) in [6.45, 7) is 4.34. The molecule has 0 amide bonds. The Labute approximate surface area is 66.9 Å². The molecule has 1 heterocycles. The van der Waals surface area contributed by atoms with Gasteiger partial charge in [0.1, 0.15) is 12.3 Å². The van der Waals surface area contributed by atoms with Crippen LogP contribution in [-0.2, 0) is 4.74 Å². The van der Waals surface area contributed by atoms with Gasteiger partial charge in [-0.2, -0.15) is 0 Å². The fraction of sp³-hybridized carbons (Fsp3) is 1.00. The summed E-state index contributed by atoms with van der Waals surface area (Å²) in [6.07, 6.45) is -0.466. The van der Waals surface area contributed by atoms with E-state index in [0.29, 0.717) is 6.61 Å². The van der Waals surface area contributed by atoms with Gasteiger partial charge >= 0.3 is 0 Å². The fourth-order valence-electron chi connectivity index (χ4n) is 1.41. The Kier molecular flexibility index (Phi) is 2.84. The molecule has 0 radical (unpaired) electrons. The van der Waals surface area contributed by atoms with E-state index in [9.17, 15) is 4.39 Å². The molecule has 0 aromatic rings. The third-order valence-corrected chi connectivity index (χ3v) is 2.26. The SMILES string of the molecule is CC(N)C1OCCC(C)C1F. The van der Waals surface area contributed by atoms with Gasteiger partial charge in [0.15, 0.2) is 0 Å². The zero-order valence-corrected chi connectivity index (χ0v) is 7.09. The van der Waals surface area contributed by atoms with Gasteiger partial charge in [0.25, 0.3) is 0 Å². The number of nitrogens with two attached hydrogens (primary N) is 1. The monoisotopic (exact) mass is 161 g/mol. The Morgan fingerprint density at radius 1 is 1.64 bits per heavy atom. The molecule has 1 fully saturated rings. The highest BCUT2D eigenvalue weighted by atomic mass is 19.1. The molecule has 0 aromatic heterocycles. The van der Waals surface area contributed by atoms with E-state index < -0.39 is 12.3 Å². The minimum Gasteiger partial charge on any atom is -0.374 e. The molecule has 1 aliphatic heterocycles. The summed E-state index contributed by atoms with van der Waals surface area (Å²) in [5.74, 6) is 0.0970. The standard InChI is InChI=1S/C8H16FNO/c1-5-3-4-11-8(6(2)10)7(5)9/h5-8H,3-4,10H2,1-2H3. The molecule has 0 aliphatic carbocycles. The molecule has 4 atom stereocenters. The van der Waals surface area contributed by atoms with Crippen molar-refractivity contribution in [2.24, 2.45) is 11.7 Å². The van der Waals surface area contributed by atoms with Crippen molar-refractivity contribution in [1.29, 1.82) is 0 Å². The summed E-state index contributed by atoms with van der Waals surface area (Å²) in [6, 6.07) is -0.201. The number of alkyl halides is 1. The summed E-state index contributed by atoms with van der Waals surface area (Å²) >= 11 is 0.